The van der Waals surface area contributed by atoms with Crippen molar-refractivity contribution in [2.75, 3.05) is 21.3 Å². The Bertz CT molecular complexity index is 1280. The third-order valence-corrected chi connectivity index (χ3v) is 9.68. The van der Waals surface area contributed by atoms with Gasteiger partial charge in [0.05, 0.1) is 21.3 Å². The summed E-state index contributed by atoms with van der Waals surface area (Å²) in [5.41, 5.74) is 3.22. The number of hydrogen-bond donors (Lipinski definition) is 1. The molecule has 5 atom stereocenters. The second-order valence-electron chi connectivity index (χ2n) is 11.0. The van der Waals surface area contributed by atoms with Crippen LogP contribution in [0.1, 0.15) is 61.8 Å². The van der Waals surface area contributed by atoms with Crippen molar-refractivity contribution in [2.45, 2.75) is 57.0 Å². The number of methoxy groups -OCH3 is 3. The number of hydrogen-bond acceptors (Lipinski definition) is 6. The van der Waals surface area contributed by atoms with Gasteiger partial charge >= 0.3 is 0 Å². The van der Waals surface area contributed by atoms with Gasteiger partial charge in [0.25, 0.3) is 0 Å². The predicted molar refractivity (Wildman–Crippen MR) is 137 cm³/mol. The molecule has 3 aromatic rings. The van der Waals surface area contributed by atoms with Crippen LogP contribution in [-0.2, 0) is 12.0 Å². The largest absolute Gasteiger partial charge is 0.497 e. The second-order valence-corrected chi connectivity index (χ2v) is 11.0. The first-order valence-corrected chi connectivity index (χ1v) is 13.0. The van der Waals surface area contributed by atoms with Gasteiger partial charge in [-0.1, -0.05) is 18.1 Å². The van der Waals surface area contributed by atoms with Gasteiger partial charge in [0.1, 0.15) is 17.0 Å². The lowest BCUT2D eigenvalue weighted by molar-refractivity contribution is -0.122. The van der Waals surface area contributed by atoms with E-state index < -0.39 is 5.60 Å². The van der Waals surface area contributed by atoms with Gasteiger partial charge in [-0.25, -0.2) is 0 Å². The monoisotopic (exact) mass is 489 g/mol. The van der Waals surface area contributed by atoms with Crippen molar-refractivity contribution in [3.8, 4) is 28.5 Å². The molecule has 6 heteroatoms. The van der Waals surface area contributed by atoms with Crippen molar-refractivity contribution in [2.24, 2.45) is 17.3 Å². The molecule has 2 fully saturated rings. The van der Waals surface area contributed by atoms with Crippen LogP contribution in [-0.4, -0.2) is 31.6 Å². The third-order valence-electron chi connectivity index (χ3n) is 9.68. The number of ether oxygens (including phenoxy) is 3. The summed E-state index contributed by atoms with van der Waals surface area (Å²) >= 11 is 0. The molecule has 0 radical (unpaired) electrons. The molecule has 0 saturated heterocycles. The molecule has 0 aliphatic heterocycles. The molecule has 190 valence electrons. The first-order chi connectivity index (χ1) is 17.4. The number of benzene rings is 2. The van der Waals surface area contributed by atoms with E-state index in [1.165, 1.54) is 11.1 Å². The smallest absolute Gasteiger partial charge is 0.169 e. The lowest BCUT2D eigenvalue weighted by Gasteiger charge is -2.52. The Labute approximate surface area is 212 Å². The molecule has 6 nitrogen and oxygen atoms in total. The maximum absolute atomic E-state index is 12.2. The fourth-order valence-corrected chi connectivity index (χ4v) is 7.71. The fourth-order valence-electron chi connectivity index (χ4n) is 7.71. The van der Waals surface area contributed by atoms with E-state index in [1.54, 1.807) is 21.3 Å². The Hall–Kier alpha value is -2.99. The Kier molecular flexibility index (Phi) is 5.56. The Morgan fingerprint density at radius 2 is 1.75 bits per heavy atom. The van der Waals surface area contributed by atoms with E-state index >= 15 is 0 Å². The summed E-state index contributed by atoms with van der Waals surface area (Å²) in [4.78, 5) is 0. The van der Waals surface area contributed by atoms with Crippen LogP contribution in [0.3, 0.4) is 0 Å². The van der Waals surface area contributed by atoms with Crippen LogP contribution < -0.4 is 14.2 Å². The van der Waals surface area contributed by atoms with Crippen LogP contribution in [0, 0.1) is 17.3 Å². The molecule has 1 heterocycles. The predicted octanol–water partition coefficient (Wildman–Crippen LogP) is 6.11. The summed E-state index contributed by atoms with van der Waals surface area (Å²) in [6.07, 6.45) is 5.99. The molecule has 1 aromatic heterocycles. The summed E-state index contributed by atoms with van der Waals surface area (Å²) in [6.45, 7) is 2.28. The highest BCUT2D eigenvalue weighted by molar-refractivity contribution is 5.64. The van der Waals surface area contributed by atoms with Crippen molar-refractivity contribution >= 4 is 0 Å². The minimum absolute atomic E-state index is 0.244. The van der Waals surface area contributed by atoms with Gasteiger partial charge in [0.2, 0.25) is 0 Å². The number of rotatable bonds is 5. The normalized spacial score (nSPS) is 30.8. The van der Waals surface area contributed by atoms with Gasteiger partial charge < -0.3 is 23.8 Å². The molecule has 36 heavy (non-hydrogen) atoms. The van der Waals surface area contributed by atoms with Gasteiger partial charge in [-0.05, 0) is 97.7 Å². The quantitative estimate of drug-likeness (QED) is 0.466. The summed E-state index contributed by atoms with van der Waals surface area (Å²) in [5, 5.41) is 16.6. The Morgan fingerprint density at radius 3 is 2.53 bits per heavy atom. The summed E-state index contributed by atoms with van der Waals surface area (Å²) < 4.78 is 22.2. The highest BCUT2D eigenvalue weighted by atomic mass is 16.5. The van der Waals surface area contributed by atoms with Gasteiger partial charge in [-0.3, -0.25) is 0 Å². The minimum atomic E-state index is -1.02. The molecule has 0 spiro atoms. The van der Waals surface area contributed by atoms with Crippen LogP contribution in [0.4, 0.5) is 0 Å². The minimum Gasteiger partial charge on any atom is -0.497 e. The fraction of sp³-hybridized carbons (Fsp3) is 0.500. The van der Waals surface area contributed by atoms with Crippen LogP contribution in [0.2, 0.25) is 0 Å². The summed E-state index contributed by atoms with van der Waals surface area (Å²) in [5.74, 6) is 4.41. The van der Waals surface area contributed by atoms with Crippen molar-refractivity contribution in [3.05, 3.63) is 59.4 Å². The maximum Gasteiger partial charge on any atom is 0.169 e. The van der Waals surface area contributed by atoms with Crippen LogP contribution in [0.15, 0.2) is 47.0 Å². The Morgan fingerprint density at radius 1 is 0.917 bits per heavy atom. The van der Waals surface area contributed by atoms with E-state index in [9.17, 15) is 5.11 Å². The van der Waals surface area contributed by atoms with E-state index in [4.69, 9.17) is 18.7 Å². The van der Waals surface area contributed by atoms with Crippen molar-refractivity contribution in [3.63, 3.8) is 0 Å². The maximum atomic E-state index is 12.2. The second kappa shape index (κ2) is 8.55. The zero-order valence-electron chi connectivity index (χ0n) is 21.5. The zero-order valence-corrected chi connectivity index (χ0v) is 21.5. The summed E-state index contributed by atoms with van der Waals surface area (Å²) in [7, 11) is 4.97. The van der Waals surface area contributed by atoms with Crippen LogP contribution in [0.25, 0.3) is 11.3 Å². The standard InChI is InChI=1S/C30H35NO5/c1-29-13-11-22-21-9-7-20(33-2)15-18(21)5-8-23(22)24(29)12-14-30(29,32)28-17-25(31-36-28)19-6-10-26(34-3)27(16-19)35-4/h6-7,9-10,15-17,22-24,32H,5,8,11-14H2,1-4H3/t22-,23-,24+,29+,30-/m1/s1. The van der Waals surface area contributed by atoms with E-state index in [2.05, 4.69) is 30.3 Å². The van der Waals surface area contributed by atoms with E-state index in [-0.39, 0.29) is 5.41 Å². The zero-order chi connectivity index (χ0) is 25.1. The molecule has 0 amide bonds. The van der Waals surface area contributed by atoms with Gasteiger partial charge in [-0.15, -0.1) is 0 Å². The Balaban J connectivity index is 1.30. The molecule has 6 rings (SSSR count). The van der Waals surface area contributed by atoms with Gasteiger partial charge in [-0.2, -0.15) is 0 Å². The van der Waals surface area contributed by atoms with Crippen molar-refractivity contribution < 1.29 is 23.8 Å². The van der Waals surface area contributed by atoms with E-state index in [0.29, 0.717) is 47.1 Å². The highest BCUT2D eigenvalue weighted by Gasteiger charge is 2.63. The number of aliphatic hydroxyl groups is 1. The van der Waals surface area contributed by atoms with Gasteiger partial charge in [0, 0.05) is 17.0 Å². The molecule has 2 saturated carbocycles. The number of fused-ring (bicyclic) bond motifs is 5. The average Bonchev–Trinajstić information content (AvgIpc) is 3.51. The van der Waals surface area contributed by atoms with Crippen molar-refractivity contribution in [1.29, 1.82) is 0 Å². The molecular formula is C30H35NO5. The molecule has 1 N–H and O–H groups in total. The molecule has 2 aromatic carbocycles. The molecule has 0 unspecified atom stereocenters. The van der Waals surface area contributed by atoms with E-state index in [1.807, 2.05) is 24.3 Å². The number of aromatic nitrogens is 1. The number of nitrogens with zero attached hydrogens (tertiary/aromatic N) is 1. The summed E-state index contributed by atoms with van der Waals surface area (Å²) in [6, 6.07) is 14.2. The first kappa shape index (κ1) is 23.4. The van der Waals surface area contributed by atoms with Crippen LogP contribution in [0.5, 0.6) is 17.2 Å². The number of aryl methyl sites for hydroxylation is 1. The highest BCUT2D eigenvalue weighted by Crippen LogP contribution is 2.67. The molecule has 3 aliphatic carbocycles. The van der Waals surface area contributed by atoms with Crippen LogP contribution >= 0.6 is 0 Å². The van der Waals surface area contributed by atoms with Gasteiger partial charge in [0.15, 0.2) is 17.3 Å². The average molecular weight is 490 g/mol. The first-order valence-electron chi connectivity index (χ1n) is 13.0. The van der Waals surface area contributed by atoms with E-state index in [0.717, 1.165) is 43.4 Å². The third kappa shape index (κ3) is 3.30. The topological polar surface area (TPSA) is 74.0 Å². The lowest BCUT2D eigenvalue weighted by atomic mass is 9.53. The molecule has 0 bridgehead atoms. The SMILES string of the molecule is COc1ccc2c(c1)CC[C@@H]1[C@@H]2CC[C@@]2(C)[C@H]1CC[C@@]2(O)c1cc(-c2ccc(OC)c(OC)c2)no1. The van der Waals surface area contributed by atoms with Crippen molar-refractivity contribution in [1.82, 2.24) is 5.16 Å². The lowest BCUT2D eigenvalue weighted by Crippen LogP contribution is -2.49. The molecule has 3 aliphatic rings. The molecular weight excluding hydrogens is 454 g/mol.